The van der Waals surface area contributed by atoms with Crippen molar-refractivity contribution in [1.29, 1.82) is 0 Å². The number of imide groups is 1. The van der Waals surface area contributed by atoms with E-state index in [1.165, 1.54) is 17.7 Å². The third kappa shape index (κ3) is 4.32. The average Bonchev–Trinajstić information content (AvgIpc) is 2.61. The van der Waals surface area contributed by atoms with E-state index in [0.717, 1.165) is 19.3 Å². The zero-order chi connectivity index (χ0) is 15.3. The van der Waals surface area contributed by atoms with E-state index in [2.05, 4.69) is 34.6 Å². The van der Waals surface area contributed by atoms with Gasteiger partial charge in [0.05, 0.1) is 5.92 Å². The van der Waals surface area contributed by atoms with Gasteiger partial charge in [0.2, 0.25) is 11.8 Å². The second-order valence-corrected chi connectivity index (χ2v) is 7.29. The van der Waals surface area contributed by atoms with Gasteiger partial charge in [0.15, 0.2) is 0 Å². The molecule has 0 bridgehead atoms. The lowest BCUT2D eigenvalue weighted by atomic mass is 9.72. The van der Waals surface area contributed by atoms with Crippen molar-refractivity contribution in [3.05, 3.63) is 0 Å². The van der Waals surface area contributed by atoms with Crippen molar-refractivity contribution in [3.8, 4) is 0 Å². The number of likely N-dealkylation sites (tertiary alicyclic amines) is 1. The number of rotatable bonds is 8. The standard InChI is InChI=1S/C17H31NO2/c1-6-7-8-9-10-18-15(19)11-14(16(18)20)17(4,5)12-13(2)3/h13-14H,6-12H2,1-5H3. The van der Waals surface area contributed by atoms with Crippen LogP contribution in [0.2, 0.25) is 0 Å². The molecule has 3 nitrogen and oxygen atoms in total. The zero-order valence-electron chi connectivity index (χ0n) is 13.9. The Bertz CT molecular complexity index is 347. The topological polar surface area (TPSA) is 37.4 Å². The highest BCUT2D eigenvalue weighted by molar-refractivity contribution is 6.03. The minimum Gasteiger partial charge on any atom is -0.282 e. The third-order valence-corrected chi connectivity index (χ3v) is 4.36. The molecule has 0 aromatic carbocycles. The van der Waals surface area contributed by atoms with E-state index in [1.54, 1.807) is 0 Å². The fraction of sp³-hybridized carbons (Fsp3) is 0.882. The summed E-state index contributed by atoms with van der Waals surface area (Å²) in [6.45, 7) is 11.4. The van der Waals surface area contributed by atoms with Gasteiger partial charge in [-0.2, -0.15) is 0 Å². The summed E-state index contributed by atoms with van der Waals surface area (Å²) in [5.74, 6) is 0.528. The molecular formula is C17H31NO2. The number of nitrogens with zero attached hydrogens (tertiary/aromatic N) is 1. The fourth-order valence-corrected chi connectivity index (χ4v) is 3.42. The van der Waals surface area contributed by atoms with E-state index < -0.39 is 0 Å². The number of carbonyl (C=O) groups is 2. The Labute approximate surface area is 124 Å². The normalized spacial score (nSPS) is 20.3. The number of carbonyl (C=O) groups excluding carboxylic acids is 2. The minimum atomic E-state index is -0.122. The van der Waals surface area contributed by atoms with E-state index in [0.29, 0.717) is 18.9 Å². The first-order valence-corrected chi connectivity index (χ1v) is 8.13. The Balaban J connectivity index is 2.61. The monoisotopic (exact) mass is 281 g/mol. The summed E-state index contributed by atoms with van der Waals surface area (Å²) in [5, 5.41) is 0. The predicted octanol–water partition coefficient (Wildman–Crippen LogP) is 4.01. The lowest BCUT2D eigenvalue weighted by molar-refractivity contribution is -0.140. The smallest absolute Gasteiger partial charge is 0.233 e. The number of hydrogen-bond acceptors (Lipinski definition) is 2. The summed E-state index contributed by atoms with van der Waals surface area (Å²) in [5.41, 5.74) is -0.0842. The molecule has 0 aromatic heterocycles. The molecule has 0 saturated carbocycles. The van der Waals surface area contributed by atoms with Gasteiger partial charge in [0, 0.05) is 13.0 Å². The van der Waals surface area contributed by atoms with Gasteiger partial charge in [-0.15, -0.1) is 0 Å². The lowest BCUT2D eigenvalue weighted by Gasteiger charge is -2.31. The number of amides is 2. The van der Waals surface area contributed by atoms with Gasteiger partial charge in [-0.1, -0.05) is 53.9 Å². The summed E-state index contributed by atoms with van der Waals surface area (Å²) in [6, 6.07) is 0. The molecule has 0 aliphatic carbocycles. The van der Waals surface area contributed by atoms with Crippen molar-refractivity contribution >= 4 is 11.8 Å². The first kappa shape index (κ1) is 17.2. The van der Waals surface area contributed by atoms with Gasteiger partial charge < -0.3 is 0 Å². The van der Waals surface area contributed by atoms with Gasteiger partial charge in [0.25, 0.3) is 0 Å². The lowest BCUT2D eigenvalue weighted by Crippen LogP contribution is -2.36. The maximum atomic E-state index is 12.5. The molecule has 0 spiro atoms. The van der Waals surface area contributed by atoms with Crippen LogP contribution in [0.4, 0.5) is 0 Å². The van der Waals surface area contributed by atoms with Crippen LogP contribution in [0.25, 0.3) is 0 Å². The molecule has 1 rings (SSSR count). The molecule has 1 unspecified atom stereocenters. The maximum Gasteiger partial charge on any atom is 0.233 e. The van der Waals surface area contributed by atoms with Crippen LogP contribution in [0.1, 0.15) is 73.1 Å². The number of unbranched alkanes of at least 4 members (excludes halogenated alkanes) is 3. The first-order valence-electron chi connectivity index (χ1n) is 8.13. The molecule has 1 atom stereocenters. The summed E-state index contributed by atoms with van der Waals surface area (Å²) < 4.78 is 0. The Hall–Kier alpha value is -0.860. The molecule has 1 aliphatic rings. The molecule has 0 N–H and O–H groups in total. The molecule has 1 aliphatic heterocycles. The van der Waals surface area contributed by atoms with Crippen LogP contribution in [-0.2, 0) is 9.59 Å². The van der Waals surface area contributed by atoms with Crippen molar-refractivity contribution in [2.24, 2.45) is 17.3 Å². The molecule has 1 fully saturated rings. The highest BCUT2D eigenvalue weighted by Gasteiger charge is 2.46. The maximum absolute atomic E-state index is 12.5. The van der Waals surface area contributed by atoms with Crippen molar-refractivity contribution in [2.75, 3.05) is 6.54 Å². The van der Waals surface area contributed by atoms with Crippen LogP contribution in [0.3, 0.4) is 0 Å². The van der Waals surface area contributed by atoms with Crippen LogP contribution in [0.15, 0.2) is 0 Å². The molecular weight excluding hydrogens is 250 g/mol. The summed E-state index contributed by atoms with van der Waals surface area (Å²) >= 11 is 0. The van der Waals surface area contributed by atoms with E-state index >= 15 is 0 Å². The predicted molar refractivity (Wildman–Crippen MR) is 82.2 cm³/mol. The number of hydrogen-bond donors (Lipinski definition) is 0. The Morgan fingerprint density at radius 1 is 1.20 bits per heavy atom. The van der Waals surface area contributed by atoms with Crippen LogP contribution in [-0.4, -0.2) is 23.3 Å². The largest absolute Gasteiger partial charge is 0.282 e. The second-order valence-electron chi connectivity index (χ2n) is 7.29. The van der Waals surface area contributed by atoms with Gasteiger partial charge in [-0.05, 0) is 24.2 Å². The molecule has 20 heavy (non-hydrogen) atoms. The van der Waals surface area contributed by atoms with E-state index in [-0.39, 0.29) is 23.1 Å². The SMILES string of the molecule is CCCCCCN1C(=O)CC(C(C)(C)CC(C)C)C1=O. The summed E-state index contributed by atoms with van der Waals surface area (Å²) in [4.78, 5) is 26.1. The Morgan fingerprint density at radius 2 is 1.85 bits per heavy atom. The van der Waals surface area contributed by atoms with Crippen molar-refractivity contribution in [1.82, 2.24) is 4.90 Å². The zero-order valence-corrected chi connectivity index (χ0v) is 13.9. The van der Waals surface area contributed by atoms with Crippen molar-refractivity contribution in [3.63, 3.8) is 0 Å². The minimum absolute atomic E-state index is 0.0355. The van der Waals surface area contributed by atoms with E-state index in [4.69, 9.17) is 0 Å². The highest BCUT2D eigenvalue weighted by Crippen LogP contribution is 2.40. The second kappa shape index (κ2) is 7.24. The first-order chi connectivity index (χ1) is 9.29. The molecule has 116 valence electrons. The summed E-state index contributed by atoms with van der Waals surface area (Å²) in [6.07, 6.45) is 5.80. The van der Waals surface area contributed by atoms with E-state index in [1.807, 2.05) is 0 Å². The molecule has 0 aromatic rings. The fourth-order valence-electron chi connectivity index (χ4n) is 3.42. The summed E-state index contributed by atoms with van der Waals surface area (Å²) in [7, 11) is 0. The average molecular weight is 281 g/mol. The molecule has 1 saturated heterocycles. The molecule has 2 amide bonds. The Morgan fingerprint density at radius 3 is 2.40 bits per heavy atom. The van der Waals surface area contributed by atoms with Crippen LogP contribution < -0.4 is 0 Å². The van der Waals surface area contributed by atoms with Crippen LogP contribution in [0, 0.1) is 17.3 Å². The van der Waals surface area contributed by atoms with Gasteiger partial charge in [-0.3, -0.25) is 14.5 Å². The van der Waals surface area contributed by atoms with Crippen LogP contribution in [0.5, 0.6) is 0 Å². The van der Waals surface area contributed by atoms with Gasteiger partial charge in [0.1, 0.15) is 0 Å². The Kier molecular flexibility index (Phi) is 6.22. The van der Waals surface area contributed by atoms with Crippen LogP contribution >= 0.6 is 0 Å². The molecule has 3 heteroatoms. The van der Waals surface area contributed by atoms with Gasteiger partial charge in [-0.25, -0.2) is 0 Å². The molecule has 0 radical (unpaired) electrons. The van der Waals surface area contributed by atoms with Crippen molar-refractivity contribution in [2.45, 2.75) is 73.1 Å². The third-order valence-electron chi connectivity index (χ3n) is 4.36. The van der Waals surface area contributed by atoms with E-state index in [9.17, 15) is 9.59 Å². The molecule has 1 heterocycles. The van der Waals surface area contributed by atoms with Gasteiger partial charge >= 0.3 is 0 Å². The van der Waals surface area contributed by atoms with Crippen molar-refractivity contribution < 1.29 is 9.59 Å². The quantitative estimate of drug-likeness (QED) is 0.498. The highest BCUT2D eigenvalue weighted by atomic mass is 16.2.